The topological polar surface area (TPSA) is 64.6 Å². The highest BCUT2D eigenvalue weighted by Crippen LogP contribution is 2.17. The lowest BCUT2D eigenvalue weighted by Gasteiger charge is -2.21. The van der Waals surface area contributed by atoms with E-state index in [2.05, 4.69) is 65.8 Å². The van der Waals surface area contributed by atoms with Crippen molar-refractivity contribution in [1.29, 1.82) is 0 Å². The zero-order chi connectivity index (χ0) is 45.8. The van der Waals surface area contributed by atoms with Gasteiger partial charge >= 0.3 is 0 Å². The Morgan fingerprint density at radius 2 is 0.524 bits per heavy atom. The first-order valence-electron chi connectivity index (χ1n) is 27.8. The van der Waals surface area contributed by atoms with Crippen LogP contribution in [-0.4, -0.2) is 64.8 Å². The van der Waals surface area contributed by atoms with Crippen LogP contribution in [0.1, 0.15) is 273 Å². The van der Waals surface area contributed by atoms with Crippen molar-refractivity contribution in [1.82, 2.24) is 0 Å². The van der Waals surface area contributed by atoms with Crippen molar-refractivity contribution in [3.63, 3.8) is 0 Å². The summed E-state index contributed by atoms with van der Waals surface area (Å²) in [4.78, 5) is 0. The third-order valence-corrected chi connectivity index (χ3v) is 11.7. The molecule has 2 unspecified atom stereocenters. The van der Waals surface area contributed by atoms with Crippen LogP contribution in [0.4, 0.5) is 0 Å². The van der Waals surface area contributed by atoms with Gasteiger partial charge in [0.1, 0.15) is 0 Å². The average Bonchev–Trinajstić information content (AvgIpc) is 3.29. The molecule has 0 aromatic rings. The summed E-state index contributed by atoms with van der Waals surface area (Å²) < 4.78 is 43.5. The fourth-order valence-corrected chi connectivity index (χ4v) is 7.54. The van der Waals surface area contributed by atoms with Gasteiger partial charge in [0.25, 0.3) is 0 Å². The average molecular weight is 895 g/mol. The van der Waals surface area contributed by atoms with E-state index in [4.69, 9.17) is 33.2 Å². The van der Waals surface area contributed by atoms with E-state index in [1.165, 1.54) is 167 Å². The maximum Gasteiger partial charge on any atom is 0.180 e. The van der Waals surface area contributed by atoms with Crippen molar-refractivity contribution in [3.8, 4) is 0 Å². The highest BCUT2D eigenvalue weighted by atomic mass is 16.8. The summed E-state index contributed by atoms with van der Waals surface area (Å²) >= 11 is 0. The zero-order valence-electron chi connectivity index (χ0n) is 43.2. The van der Waals surface area contributed by atoms with Crippen LogP contribution in [0.5, 0.6) is 0 Å². The van der Waals surface area contributed by atoms with Crippen molar-refractivity contribution in [3.05, 3.63) is 24.3 Å². The molecule has 376 valence electrons. The molecular formula is C56H110O7. The molecule has 0 aliphatic heterocycles. The minimum Gasteiger partial charge on any atom is -0.353 e. The first-order valence-corrected chi connectivity index (χ1v) is 27.8. The maximum atomic E-state index is 6.49. The highest BCUT2D eigenvalue weighted by molar-refractivity contribution is 4.90. The predicted octanol–water partition coefficient (Wildman–Crippen LogP) is 17.7. The van der Waals surface area contributed by atoms with Gasteiger partial charge in [-0.25, -0.2) is 0 Å². The minimum absolute atomic E-state index is 0.0142. The van der Waals surface area contributed by atoms with Crippen molar-refractivity contribution < 1.29 is 33.2 Å². The number of allylic oxidation sites excluding steroid dienone is 2. The summed E-state index contributed by atoms with van der Waals surface area (Å²) in [6.07, 6.45) is 51.2. The standard InChI is InChI=1S/C56H110O7/c1-7-13-37-47-57-53(58-48-38-14-8-2)43-33-29-25-21-19-23-27-31-35-45-55(61-51-41-17-11-5)63-56(62-52-42-18-12-6)46-36-32-28-24-20-22-26-30-34-44-54(59-49-39-15-9-3)60-50-40-16-10-4/h35-36,45-46,53-56H,7-34,37-44,47-52H2,1-6H3. The lowest BCUT2D eigenvalue weighted by Crippen LogP contribution is -2.25. The van der Waals surface area contributed by atoms with Crippen molar-refractivity contribution in [2.45, 2.75) is 298 Å². The number of unbranched alkanes of at least 4 members (excludes halogenated alkanes) is 26. The molecule has 0 aliphatic rings. The summed E-state index contributed by atoms with van der Waals surface area (Å²) in [5.41, 5.74) is 0. The molecule has 0 spiro atoms. The Hall–Kier alpha value is -0.800. The number of rotatable bonds is 54. The quantitative estimate of drug-likeness (QED) is 0.0342. The predicted molar refractivity (Wildman–Crippen MR) is 270 cm³/mol. The molecule has 0 fully saturated rings. The molecule has 0 amide bonds. The number of hydrogen-bond acceptors (Lipinski definition) is 7. The summed E-state index contributed by atoms with van der Waals surface area (Å²) in [6.45, 7) is 18.2. The van der Waals surface area contributed by atoms with Gasteiger partial charge in [-0.15, -0.1) is 0 Å². The molecule has 0 N–H and O–H groups in total. The Bertz CT molecular complexity index is 803. The second kappa shape index (κ2) is 53.8. The minimum atomic E-state index is -0.381. The lowest BCUT2D eigenvalue weighted by atomic mass is 10.1. The summed E-state index contributed by atoms with van der Waals surface area (Å²) in [6, 6.07) is 0. The van der Waals surface area contributed by atoms with Gasteiger partial charge in [0.15, 0.2) is 25.2 Å². The monoisotopic (exact) mass is 895 g/mol. The smallest absolute Gasteiger partial charge is 0.180 e. The summed E-state index contributed by atoms with van der Waals surface area (Å²) in [5.74, 6) is 0. The third-order valence-electron chi connectivity index (χ3n) is 11.7. The Kier molecular flexibility index (Phi) is 53.1. The number of ether oxygens (including phenoxy) is 7. The third kappa shape index (κ3) is 47.5. The van der Waals surface area contributed by atoms with Gasteiger partial charge in [-0.05, 0) is 102 Å². The first kappa shape index (κ1) is 62.2. The summed E-state index contributed by atoms with van der Waals surface area (Å²) in [5, 5.41) is 0. The second-order valence-electron chi connectivity index (χ2n) is 18.2. The first-order chi connectivity index (χ1) is 31.1. The van der Waals surface area contributed by atoms with E-state index in [9.17, 15) is 0 Å². The molecule has 0 saturated heterocycles. The van der Waals surface area contributed by atoms with Crippen LogP contribution in [0.15, 0.2) is 24.3 Å². The maximum absolute atomic E-state index is 6.49. The Morgan fingerprint density at radius 3 is 0.810 bits per heavy atom. The molecule has 63 heavy (non-hydrogen) atoms. The number of hydrogen-bond donors (Lipinski definition) is 0. The SMILES string of the molecule is CCCCCOC(C=CCCCCCCCCCC(OCCCCC)OCCCCC)OC(C=CCCCCCCCCCC(OCCCCC)OCCCCC)OCCCCC. The van der Waals surface area contributed by atoms with Crippen LogP contribution in [0.25, 0.3) is 0 Å². The Labute approximate surface area is 393 Å². The van der Waals surface area contributed by atoms with E-state index in [0.29, 0.717) is 13.2 Å². The van der Waals surface area contributed by atoms with Crippen LogP contribution in [0.2, 0.25) is 0 Å². The molecule has 0 bridgehead atoms. The van der Waals surface area contributed by atoms with Crippen LogP contribution in [0.3, 0.4) is 0 Å². The van der Waals surface area contributed by atoms with E-state index in [-0.39, 0.29) is 25.2 Å². The molecule has 0 aromatic heterocycles. The van der Waals surface area contributed by atoms with Crippen LogP contribution in [0, 0.1) is 0 Å². The van der Waals surface area contributed by atoms with Crippen molar-refractivity contribution in [2.24, 2.45) is 0 Å². The molecule has 2 atom stereocenters. The molecule has 7 heteroatoms. The Balaban J connectivity index is 4.63. The van der Waals surface area contributed by atoms with E-state index in [1.807, 2.05) is 0 Å². The summed E-state index contributed by atoms with van der Waals surface area (Å²) in [7, 11) is 0. The van der Waals surface area contributed by atoms with Crippen LogP contribution in [-0.2, 0) is 33.2 Å². The van der Waals surface area contributed by atoms with Crippen LogP contribution >= 0.6 is 0 Å². The zero-order valence-corrected chi connectivity index (χ0v) is 43.2. The normalized spacial score (nSPS) is 13.2. The largest absolute Gasteiger partial charge is 0.353 e. The van der Waals surface area contributed by atoms with Crippen LogP contribution < -0.4 is 0 Å². The molecule has 0 saturated carbocycles. The van der Waals surface area contributed by atoms with Gasteiger partial charge in [-0.3, -0.25) is 0 Å². The van der Waals surface area contributed by atoms with E-state index < -0.39 is 0 Å². The van der Waals surface area contributed by atoms with E-state index >= 15 is 0 Å². The van der Waals surface area contributed by atoms with Gasteiger partial charge in [0.05, 0.1) is 13.2 Å². The molecule has 0 heterocycles. The molecule has 0 aliphatic carbocycles. The van der Waals surface area contributed by atoms with Gasteiger partial charge in [-0.2, -0.15) is 0 Å². The van der Waals surface area contributed by atoms with Gasteiger partial charge in [0, 0.05) is 26.4 Å². The highest BCUT2D eigenvalue weighted by Gasteiger charge is 2.14. The molecule has 0 aromatic carbocycles. The van der Waals surface area contributed by atoms with Gasteiger partial charge in [0.2, 0.25) is 0 Å². The van der Waals surface area contributed by atoms with Crippen molar-refractivity contribution >= 4 is 0 Å². The van der Waals surface area contributed by atoms with Gasteiger partial charge in [-0.1, -0.05) is 195 Å². The molecule has 0 rings (SSSR count). The lowest BCUT2D eigenvalue weighted by molar-refractivity contribution is -0.208. The van der Waals surface area contributed by atoms with Crippen molar-refractivity contribution in [2.75, 3.05) is 39.6 Å². The second-order valence-corrected chi connectivity index (χ2v) is 18.2. The molecular weight excluding hydrogens is 785 g/mol. The van der Waals surface area contributed by atoms with E-state index in [1.54, 1.807) is 0 Å². The fraction of sp³-hybridized carbons (Fsp3) is 0.929. The Morgan fingerprint density at radius 1 is 0.270 bits per heavy atom. The molecule has 7 nitrogen and oxygen atoms in total. The van der Waals surface area contributed by atoms with Gasteiger partial charge < -0.3 is 33.2 Å². The van der Waals surface area contributed by atoms with E-state index in [0.717, 1.165) is 90.6 Å². The fourth-order valence-electron chi connectivity index (χ4n) is 7.54. The molecule has 0 radical (unpaired) electrons.